The van der Waals surface area contributed by atoms with E-state index in [1.54, 1.807) is 0 Å². The first-order chi connectivity index (χ1) is 18.5. The molecule has 2 amide bonds. The quantitative estimate of drug-likeness (QED) is 0.223. The molecule has 0 aliphatic carbocycles. The van der Waals surface area contributed by atoms with Gasteiger partial charge in [0.25, 0.3) is 5.91 Å². The summed E-state index contributed by atoms with van der Waals surface area (Å²) < 4.78 is 0. The van der Waals surface area contributed by atoms with Crippen LogP contribution >= 0.6 is 0 Å². The van der Waals surface area contributed by atoms with Crippen LogP contribution in [0.25, 0.3) is 0 Å². The average molecular weight is 516 g/mol. The van der Waals surface area contributed by atoms with Gasteiger partial charge in [-0.05, 0) is 60.8 Å². The number of carbonyl (C=O) groups excluding carboxylic acids is 3. The van der Waals surface area contributed by atoms with E-state index in [4.69, 9.17) is 10.6 Å². The van der Waals surface area contributed by atoms with E-state index in [1.807, 2.05) is 60.7 Å². The van der Waals surface area contributed by atoms with Crippen molar-refractivity contribution >= 4 is 17.8 Å². The van der Waals surface area contributed by atoms with Gasteiger partial charge in [-0.15, -0.1) is 0 Å². The Morgan fingerprint density at radius 2 is 1.26 bits per heavy atom. The highest BCUT2D eigenvalue weighted by Crippen LogP contribution is 2.11. The molecule has 3 rings (SSSR count). The van der Waals surface area contributed by atoms with E-state index in [1.165, 1.54) is 11.1 Å². The van der Waals surface area contributed by atoms with Crippen molar-refractivity contribution in [1.82, 2.24) is 10.8 Å². The van der Waals surface area contributed by atoms with Crippen molar-refractivity contribution in [3.05, 3.63) is 107 Å². The van der Waals surface area contributed by atoms with Crippen LogP contribution in [-0.4, -0.2) is 30.4 Å². The van der Waals surface area contributed by atoms with Crippen LogP contribution in [0.3, 0.4) is 0 Å². The number of aryl methyl sites for hydroxylation is 2. The van der Waals surface area contributed by atoms with Crippen LogP contribution in [0, 0.1) is 0 Å². The maximum Gasteiger partial charge on any atom is 0.332 e. The standard InChI is InChI=1S/C31H37N3O4/c32-28(22-26-14-5-2-6-15-26)31(37)33-21-9-16-30(36)38-34-29(35)23-27-19-17-25(18-20-27)13-8-7-12-24-10-3-1-4-11-24/h1-6,10-11,14-15,17-20,28H,7-9,12-13,16,21-23,32H2,(H,33,37)(H,34,35). The lowest BCUT2D eigenvalue weighted by atomic mass is 10.0. The Hall–Kier alpha value is -3.97. The highest BCUT2D eigenvalue weighted by molar-refractivity contribution is 5.82. The van der Waals surface area contributed by atoms with E-state index in [9.17, 15) is 14.4 Å². The number of nitrogens with one attached hydrogen (secondary N) is 2. The highest BCUT2D eigenvalue weighted by Gasteiger charge is 2.14. The van der Waals surface area contributed by atoms with Crippen molar-refractivity contribution in [2.75, 3.05) is 6.54 Å². The zero-order chi connectivity index (χ0) is 27.0. The SMILES string of the molecule is NC(Cc1ccccc1)C(=O)NCCCC(=O)ONC(=O)Cc1ccc(CCCCc2ccccc2)cc1. The predicted octanol–water partition coefficient (Wildman–Crippen LogP) is 3.84. The van der Waals surface area contributed by atoms with Crippen LogP contribution in [0.15, 0.2) is 84.9 Å². The summed E-state index contributed by atoms with van der Waals surface area (Å²) in [4.78, 5) is 41.0. The third-order valence-electron chi connectivity index (χ3n) is 6.18. The van der Waals surface area contributed by atoms with E-state index in [-0.39, 0.29) is 18.7 Å². The van der Waals surface area contributed by atoms with Gasteiger partial charge in [0.1, 0.15) is 0 Å². The number of carbonyl (C=O) groups is 3. The molecule has 0 spiro atoms. The fourth-order valence-corrected chi connectivity index (χ4v) is 4.05. The van der Waals surface area contributed by atoms with Gasteiger partial charge in [-0.2, -0.15) is 5.48 Å². The van der Waals surface area contributed by atoms with Gasteiger partial charge < -0.3 is 15.9 Å². The van der Waals surface area contributed by atoms with E-state index < -0.39 is 17.9 Å². The lowest BCUT2D eigenvalue weighted by Gasteiger charge is -2.12. The van der Waals surface area contributed by atoms with Crippen LogP contribution in [-0.2, 0) is 44.9 Å². The third-order valence-corrected chi connectivity index (χ3v) is 6.18. The van der Waals surface area contributed by atoms with E-state index in [2.05, 4.69) is 35.1 Å². The Morgan fingerprint density at radius 3 is 1.89 bits per heavy atom. The molecular weight excluding hydrogens is 478 g/mol. The topological polar surface area (TPSA) is 111 Å². The van der Waals surface area contributed by atoms with Crippen LogP contribution in [0.2, 0.25) is 0 Å². The summed E-state index contributed by atoms with van der Waals surface area (Å²) in [6.07, 6.45) is 5.32. The second kappa shape index (κ2) is 16.0. The number of rotatable bonds is 14. The molecule has 7 nitrogen and oxygen atoms in total. The highest BCUT2D eigenvalue weighted by atomic mass is 16.7. The van der Waals surface area contributed by atoms with Crippen LogP contribution in [0.5, 0.6) is 0 Å². The average Bonchev–Trinajstić information content (AvgIpc) is 2.94. The lowest BCUT2D eigenvalue weighted by Crippen LogP contribution is -2.42. The van der Waals surface area contributed by atoms with Crippen molar-refractivity contribution in [2.24, 2.45) is 5.73 Å². The molecule has 0 heterocycles. The summed E-state index contributed by atoms with van der Waals surface area (Å²) in [5, 5.41) is 2.72. The molecule has 0 bridgehead atoms. The summed E-state index contributed by atoms with van der Waals surface area (Å²) in [6, 6.07) is 27.3. The molecule has 1 unspecified atom stereocenters. The maximum atomic E-state index is 12.1. The van der Waals surface area contributed by atoms with Crippen LogP contribution < -0.4 is 16.5 Å². The van der Waals surface area contributed by atoms with Gasteiger partial charge >= 0.3 is 5.97 Å². The second-order valence-electron chi connectivity index (χ2n) is 9.38. The molecule has 0 aliphatic heterocycles. The summed E-state index contributed by atoms with van der Waals surface area (Å²) >= 11 is 0. The van der Waals surface area contributed by atoms with E-state index in [0.717, 1.165) is 36.8 Å². The first kappa shape index (κ1) is 28.6. The molecule has 0 saturated heterocycles. The second-order valence-corrected chi connectivity index (χ2v) is 9.38. The Kier molecular flexibility index (Phi) is 12.0. The number of hydrogen-bond donors (Lipinski definition) is 3. The first-order valence-corrected chi connectivity index (χ1v) is 13.2. The number of hydrogen-bond acceptors (Lipinski definition) is 5. The maximum absolute atomic E-state index is 12.1. The van der Waals surface area contributed by atoms with Crippen molar-refractivity contribution < 1.29 is 19.2 Å². The summed E-state index contributed by atoms with van der Waals surface area (Å²) in [5.41, 5.74) is 12.6. The van der Waals surface area contributed by atoms with Crippen molar-refractivity contribution in [3.8, 4) is 0 Å². The molecule has 7 heteroatoms. The van der Waals surface area contributed by atoms with Gasteiger partial charge in [0.05, 0.1) is 12.5 Å². The molecule has 38 heavy (non-hydrogen) atoms. The van der Waals surface area contributed by atoms with Gasteiger partial charge in [-0.1, -0.05) is 84.9 Å². The molecule has 0 radical (unpaired) electrons. The summed E-state index contributed by atoms with van der Waals surface area (Å²) in [6.45, 7) is 0.295. The Bertz CT molecular complexity index is 1130. The monoisotopic (exact) mass is 515 g/mol. The molecule has 4 N–H and O–H groups in total. The van der Waals surface area contributed by atoms with Crippen LogP contribution in [0.1, 0.15) is 47.9 Å². The normalized spacial score (nSPS) is 11.4. The molecular formula is C31H37N3O4. The zero-order valence-corrected chi connectivity index (χ0v) is 21.7. The van der Waals surface area contributed by atoms with Gasteiger partial charge in [-0.25, -0.2) is 4.79 Å². The molecule has 0 saturated carbocycles. The summed E-state index contributed by atoms with van der Waals surface area (Å²) in [5.74, 6) is -1.23. The third kappa shape index (κ3) is 11.0. The van der Waals surface area contributed by atoms with Gasteiger partial charge in [0.15, 0.2) is 0 Å². The molecule has 3 aromatic carbocycles. The van der Waals surface area contributed by atoms with Gasteiger partial charge in [0, 0.05) is 13.0 Å². The minimum absolute atomic E-state index is 0.0629. The number of benzene rings is 3. The Morgan fingerprint density at radius 1 is 0.711 bits per heavy atom. The zero-order valence-electron chi connectivity index (χ0n) is 21.7. The fraction of sp³-hybridized carbons (Fsp3) is 0.323. The largest absolute Gasteiger partial charge is 0.355 e. The van der Waals surface area contributed by atoms with Gasteiger partial charge in [-0.3, -0.25) is 9.59 Å². The van der Waals surface area contributed by atoms with E-state index in [0.29, 0.717) is 19.4 Å². The molecule has 1 atom stereocenters. The molecule has 3 aromatic rings. The molecule has 0 aliphatic rings. The minimum atomic E-state index is -0.655. The predicted molar refractivity (Wildman–Crippen MR) is 148 cm³/mol. The minimum Gasteiger partial charge on any atom is -0.355 e. The molecule has 200 valence electrons. The Labute approximate surface area is 224 Å². The molecule has 0 fully saturated rings. The number of nitrogens with two attached hydrogens (primary N) is 1. The number of hydroxylamine groups is 1. The summed E-state index contributed by atoms with van der Waals surface area (Å²) in [7, 11) is 0. The fourth-order valence-electron chi connectivity index (χ4n) is 4.05. The van der Waals surface area contributed by atoms with E-state index >= 15 is 0 Å². The smallest absolute Gasteiger partial charge is 0.332 e. The number of unbranched alkanes of at least 4 members (excludes halogenated alkanes) is 1. The van der Waals surface area contributed by atoms with Crippen molar-refractivity contribution in [2.45, 2.75) is 57.4 Å². The lowest BCUT2D eigenvalue weighted by molar-refractivity contribution is -0.158. The van der Waals surface area contributed by atoms with Crippen LogP contribution in [0.4, 0.5) is 0 Å². The number of amides is 2. The van der Waals surface area contributed by atoms with Crippen molar-refractivity contribution in [3.63, 3.8) is 0 Å². The first-order valence-electron chi connectivity index (χ1n) is 13.2. The Balaban J connectivity index is 1.24. The molecule has 0 aromatic heterocycles. The van der Waals surface area contributed by atoms with Gasteiger partial charge in [0.2, 0.25) is 5.91 Å². The van der Waals surface area contributed by atoms with Crippen molar-refractivity contribution in [1.29, 1.82) is 0 Å².